The highest BCUT2D eigenvalue weighted by Gasteiger charge is 2.16. The Morgan fingerprint density at radius 3 is 2.67 bits per heavy atom. The molecule has 2 aromatic carbocycles. The minimum atomic E-state index is -0.800. The van der Waals surface area contributed by atoms with Crippen LogP contribution in [-0.2, 0) is 6.42 Å². The normalized spacial score (nSPS) is 12.6. The maximum absolute atomic E-state index is 12.3. The number of aromatic amines is 1. The summed E-state index contributed by atoms with van der Waals surface area (Å²) in [5.41, 5.74) is 9.22. The lowest BCUT2D eigenvalue weighted by molar-refractivity contribution is 0.172. The Bertz CT molecular complexity index is 1160. The summed E-state index contributed by atoms with van der Waals surface area (Å²) in [5.74, 6) is 0.757. The third kappa shape index (κ3) is 3.23. The van der Waals surface area contributed by atoms with E-state index in [4.69, 9.17) is 10.5 Å². The molecule has 0 saturated heterocycles. The zero-order valence-corrected chi connectivity index (χ0v) is 15.7. The highest BCUT2D eigenvalue weighted by atomic mass is 32.1. The Kier molecular flexibility index (Phi) is 4.70. The number of hydrogen-bond donors (Lipinski definition) is 3. The molecule has 6 heteroatoms. The first-order valence-electron chi connectivity index (χ1n) is 8.71. The van der Waals surface area contributed by atoms with E-state index >= 15 is 0 Å². The van der Waals surface area contributed by atoms with Crippen LogP contribution in [-0.4, -0.2) is 23.4 Å². The number of aliphatic hydroxyl groups is 1. The van der Waals surface area contributed by atoms with Gasteiger partial charge in [-0.1, -0.05) is 24.3 Å². The number of fused-ring (bicyclic) bond motifs is 3. The van der Waals surface area contributed by atoms with Crippen molar-refractivity contribution in [2.45, 2.75) is 19.1 Å². The quantitative estimate of drug-likeness (QED) is 0.461. The van der Waals surface area contributed by atoms with Gasteiger partial charge in [-0.3, -0.25) is 4.79 Å². The largest absolute Gasteiger partial charge is 0.496 e. The van der Waals surface area contributed by atoms with Crippen LogP contribution in [0.15, 0.2) is 52.6 Å². The molecule has 2 aromatic heterocycles. The van der Waals surface area contributed by atoms with E-state index in [1.165, 1.54) is 11.3 Å². The highest BCUT2D eigenvalue weighted by Crippen LogP contribution is 2.40. The summed E-state index contributed by atoms with van der Waals surface area (Å²) in [6, 6.07) is 13.9. The van der Waals surface area contributed by atoms with Crippen molar-refractivity contribution in [2.75, 3.05) is 7.11 Å². The zero-order valence-electron chi connectivity index (χ0n) is 14.9. The molecule has 0 fully saturated rings. The molecule has 5 nitrogen and oxygen atoms in total. The molecule has 0 bridgehead atoms. The second-order valence-corrected chi connectivity index (χ2v) is 7.40. The number of hydrogen-bond acceptors (Lipinski definition) is 5. The lowest BCUT2D eigenvalue weighted by Gasteiger charge is -2.14. The fraction of sp³-hybridized carbons (Fsp3) is 0.190. The summed E-state index contributed by atoms with van der Waals surface area (Å²) < 4.78 is 6.35. The van der Waals surface area contributed by atoms with E-state index in [1.54, 1.807) is 7.11 Å². The molecular weight excluding hydrogens is 360 g/mol. The molecule has 1 unspecified atom stereocenters. The van der Waals surface area contributed by atoms with Crippen LogP contribution in [0.5, 0.6) is 5.75 Å². The summed E-state index contributed by atoms with van der Waals surface area (Å²) in [5, 5.41) is 13.1. The van der Waals surface area contributed by atoms with E-state index in [2.05, 4.69) is 4.98 Å². The maximum Gasteiger partial charge on any atom is 0.266 e. The standard InChI is InChI=1S/C21H20N2O3S/c1-26-16-8-7-15-19(14-10-11-27-20(14)21(25)23-15)18(16)13-5-2-12(3-6-13)4-9-17(22)24/h2-3,5-8,10-11,17,24H,4,9,22H2,1H3,(H,23,25). The first-order valence-corrected chi connectivity index (χ1v) is 9.59. The van der Waals surface area contributed by atoms with E-state index in [1.807, 2.05) is 47.8 Å². The van der Waals surface area contributed by atoms with Crippen molar-refractivity contribution in [2.24, 2.45) is 5.73 Å². The van der Waals surface area contributed by atoms with Gasteiger partial charge in [0.1, 0.15) is 16.7 Å². The van der Waals surface area contributed by atoms with Crippen molar-refractivity contribution in [3.05, 3.63) is 63.8 Å². The number of nitrogens with one attached hydrogen (secondary N) is 1. The lowest BCUT2D eigenvalue weighted by Crippen LogP contribution is -2.19. The van der Waals surface area contributed by atoms with Gasteiger partial charge in [-0.2, -0.15) is 0 Å². The Balaban J connectivity index is 1.92. The molecule has 27 heavy (non-hydrogen) atoms. The number of H-pyrrole nitrogens is 1. The van der Waals surface area contributed by atoms with Gasteiger partial charge >= 0.3 is 0 Å². The minimum absolute atomic E-state index is 0.0701. The van der Waals surface area contributed by atoms with Crippen LogP contribution in [0.25, 0.3) is 32.1 Å². The van der Waals surface area contributed by atoms with E-state index in [0.717, 1.165) is 38.7 Å². The summed E-state index contributed by atoms with van der Waals surface area (Å²) in [7, 11) is 1.65. The topological polar surface area (TPSA) is 88.3 Å². The molecule has 0 aliphatic heterocycles. The van der Waals surface area contributed by atoms with Gasteiger partial charge in [0.2, 0.25) is 0 Å². The molecule has 0 amide bonds. The number of aliphatic hydroxyl groups excluding tert-OH is 1. The zero-order chi connectivity index (χ0) is 19.0. The van der Waals surface area contributed by atoms with Crippen LogP contribution in [0.4, 0.5) is 0 Å². The molecule has 4 aromatic rings. The minimum Gasteiger partial charge on any atom is -0.496 e. The average Bonchev–Trinajstić information content (AvgIpc) is 3.16. The van der Waals surface area contributed by atoms with Crippen molar-refractivity contribution in [3.63, 3.8) is 0 Å². The number of ether oxygens (including phenoxy) is 1. The molecule has 0 spiro atoms. The molecular formula is C21H20N2O3S. The maximum atomic E-state index is 12.3. The van der Waals surface area contributed by atoms with Crippen LogP contribution >= 0.6 is 11.3 Å². The van der Waals surface area contributed by atoms with Crippen LogP contribution in [0, 0.1) is 0 Å². The first-order chi connectivity index (χ1) is 13.1. The summed E-state index contributed by atoms with van der Waals surface area (Å²) in [6.45, 7) is 0. The van der Waals surface area contributed by atoms with E-state index in [9.17, 15) is 9.90 Å². The molecule has 1 atom stereocenters. The number of nitrogens with two attached hydrogens (primary N) is 1. The van der Waals surface area contributed by atoms with E-state index in [0.29, 0.717) is 17.5 Å². The van der Waals surface area contributed by atoms with Crippen LogP contribution < -0.4 is 16.0 Å². The van der Waals surface area contributed by atoms with Gasteiger partial charge in [0.25, 0.3) is 5.56 Å². The third-order valence-corrected chi connectivity index (χ3v) is 5.66. The third-order valence-electron chi connectivity index (χ3n) is 4.75. The number of methoxy groups -OCH3 is 1. The van der Waals surface area contributed by atoms with Gasteiger partial charge in [-0.15, -0.1) is 11.3 Å². The van der Waals surface area contributed by atoms with Crippen molar-refractivity contribution in [3.8, 4) is 16.9 Å². The highest BCUT2D eigenvalue weighted by molar-refractivity contribution is 7.17. The van der Waals surface area contributed by atoms with Gasteiger partial charge in [0, 0.05) is 21.9 Å². The Morgan fingerprint density at radius 1 is 1.19 bits per heavy atom. The van der Waals surface area contributed by atoms with Gasteiger partial charge in [0.05, 0.1) is 7.11 Å². The second kappa shape index (κ2) is 7.15. The molecule has 0 aliphatic carbocycles. The van der Waals surface area contributed by atoms with Gasteiger partial charge < -0.3 is 20.6 Å². The fourth-order valence-electron chi connectivity index (χ4n) is 3.44. The Morgan fingerprint density at radius 2 is 1.96 bits per heavy atom. The van der Waals surface area contributed by atoms with Crippen LogP contribution in [0.1, 0.15) is 12.0 Å². The molecule has 0 aliphatic rings. The van der Waals surface area contributed by atoms with Crippen LogP contribution in [0.3, 0.4) is 0 Å². The monoisotopic (exact) mass is 380 g/mol. The number of aromatic nitrogens is 1. The lowest BCUT2D eigenvalue weighted by atomic mass is 9.96. The van der Waals surface area contributed by atoms with Crippen molar-refractivity contribution >= 4 is 32.3 Å². The molecule has 4 rings (SSSR count). The molecule has 4 N–H and O–H groups in total. The Hall–Kier alpha value is -2.67. The molecule has 138 valence electrons. The molecule has 0 saturated carbocycles. The summed E-state index contributed by atoms with van der Waals surface area (Å²) >= 11 is 1.44. The van der Waals surface area contributed by atoms with Crippen molar-refractivity contribution in [1.82, 2.24) is 4.98 Å². The molecule has 2 heterocycles. The average molecular weight is 380 g/mol. The van der Waals surface area contributed by atoms with Gasteiger partial charge in [0.15, 0.2) is 0 Å². The summed E-state index contributed by atoms with van der Waals surface area (Å²) in [4.78, 5) is 15.3. The van der Waals surface area contributed by atoms with Crippen molar-refractivity contribution in [1.29, 1.82) is 0 Å². The number of benzene rings is 2. The Labute approximate surface area is 160 Å². The second-order valence-electron chi connectivity index (χ2n) is 6.49. The van der Waals surface area contributed by atoms with Gasteiger partial charge in [-0.05, 0) is 47.5 Å². The predicted octanol–water partition coefficient (Wildman–Crippen LogP) is 3.63. The SMILES string of the molecule is COc1ccc2[nH]c(=O)c3sccc3c2c1-c1ccc(CCC(N)O)cc1. The van der Waals surface area contributed by atoms with E-state index < -0.39 is 6.23 Å². The smallest absolute Gasteiger partial charge is 0.266 e. The van der Waals surface area contributed by atoms with Crippen LogP contribution in [0.2, 0.25) is 0 Å². The number of thiophene rings is 1. The van der Waals surface area contributed by atoms with Crippen molar-refractivity contribution < 1.29 is 9.84 Å². The fourth-order valence-corrected chi connectivity index (χ4v) is 4.23. The molecule has 0 radical (unpaired) electrons. The number of pyridine rings is 1. The predicted molar refractivity (Wildman–Crippen MR) is 110 cm³/mol. The van der Waals surface area contributed by atoms with Gasteiger partial charge in [-0.25, -0.2) is 0 Å². The first kappa shape index (κ1) is 17.7. The number of aryl methyl sites for hydroxylation is 1. The summed E-state index contributed by atoms with van der Waals surface area (Å²) in [6.07, 6.45) is 0.437. The number of rotatable bonds is 5. The van der Waals surface area contributed by atoms with E-state index in [-0.39, 0.29) is 5.56 Å².